The Morgan fingerprint density at radius 2 is 1.88 bits per heavy atom. The Morgan fingerprint density at radius 3 is 2.58 bits per heavy atom. The molecule has 6 nitrogen and oxygen atoms in total. The molecule has 1 aliphatic heterocycles. The van der Waals surface area contributed by atoms with E-state index in [4.69, 9.17) is 0 Å². The molecule has 0 aliphatic carbocycles. The van der Waals surface area contributed by atoms with E-state index in [-0.39, 0.29) is 0 Å². The number of rotatable bonds is 4. The molecule has 0 amide bonds. The summed E-state index contributed by atoms with van der Waals surface area (Å²) in [7, 11) is 0. The van der Waals surface area contributed by atoms with Crippen LogP contribution in [0.15, 0.2) is 51.6 Å². The Hall–Kier alpha value is -2.89. The van der Waals surface area contributed by atoms with E-state index in [0.29, 0.717) is 18.9 Å². The summed E-state index contributed by atoms with van der Waals surface area (Å²) in [4.78, 5) is 27.4. The summed E-state index contributed by atoms with van der Waals surface area (Å²) in [5.41, 5.74) is 4.90. The summed E-state index contributed by atoms with van der Waals surface area (Å²) in [5.74, 6) is 1.53. The first kappa shape index (κ1) is 17.9. The standard InChI is InChI=1S/C20H23N5O/c1-13-9-15(3)22-18(10-13)25-12-16(4)21-11-19(25)23-20(24-26)17-8-6-5-7-14(17)2/h5-10,20H,11-12H2,1-4H3. The Balaban J connectivity index is 2.03. The first-order valence-electron chi connectivity index (χ1n) is 8.65. The lowest BCUT2D eigenvalue weighted by Gasteiger charge is -2.29. The van der Waals surface area contributed by atoms with Crippen LogP contribution in [0.5, 0.6) is 0 Å². The molecule has 1 aromatic carbocycles. The van der Waals surface area contributed by atoms with Gasteiger partial charge in [-0.15, -0.1) is 4.91 Å². The Labute approximate surface area is 153 Å². The normalized spacial score (nSPS) is 17.2. The zero-order valence-corrected chi connectivity index (χ0v) is 15.6. The highest BCUT2D eigenvalue weighted by molar-refractivity contribution is 6.07. The van der Waals surface area contributed by atoms with Crippen molar-refractivity contribution in [2.75, 3.05) is 18.0 Å². The van der Waals surface area contributed by atoms with Crippen molar-refractivity contribution in [1.29, 1.82) is 0 Å². The SMILES string of the molecule is CC1=NCC(=NC(N=O)c2ccccc2C)N(c2cc(C)cc(C)n2)C1. The van der Waals surface area contributed by atoms with Crippen molar-refractivity contribution >= 4 is 17.4 Å². The van der Waals surface area contributed by atoms with Crippen molar-refractivity contribution < 1.29 is 0 Å². The molecule has 2 aromatic rings. The largest absolute Gasteiger partial charge is 0.307 e. The lowest BCUT2D eigenvalue weighted by Crippen LogP contribution is -2.41. The van der Waals surface area contributed by atoms with E-state index in [1.807, 2.05) is 69.0 Å². The van der Waals surface area contributed by atoms with E-state index < -0.39 is 6.17 Å². The zero-order chi connectivity index (χ0) is 18.7. The van der Waals surface area contributed by atoms with Crippen LogP contribution >= 0.6 is 0 Å². The molecule has 134 valence electrons. The fourth-order valence-electron chi connectivity index (χ4n) is 3.11. The van der Waals surface area contributed by atoms with Gasteiger partial charge in [0.15, 0.2) is 0 Å². The third kappa shape index (κ3) is 3.85. The topological polar surface area (TPSA) is 70.3 Å². The van der Waals surface area contributed by atoms with Crippen LogP contribution in [0.1, 0.15) is 35.5 Å². The number of nitrogens with zero attached hydrogens (tertiary/aromatic N) is 5. The van der Waals surface area contributed by atoms with E-state index >= 15 is 0 Å². The molecular weight excluding hydrogens is 326 g/mol. The Bertz CT molecular complexity index is 867. The summed E-state index contributed by atoms with van der Waals surface area (Å²) in [6.45, 7) is 8.99. The zero-order valence-electron chi connectivity index (χ0n) is 15.6. The maximum atomic E-state index is 11.5. The van der Waals surface area contributed by atoms with Crippen molar-refractivity contribution in [3.8, 4) is 0 Å². The van der Waals surface area contributed by atoms with Crippen molar-refractivity contribution in [3.05, 3.63) is 63.7 Å². The summed E-state index contributed by atoms with van der Waals surface area (Å²) in [6, 6.07) is 11.7. The molecular formula is C20H23N5O. The van der Waals surface area contributed by atoms with Crippen LogP contribution in [0.2, 0.25) is 0 Å². The molecule has 0 saturated carbocycles. The smallest absolute Gasteiger partial charge is 0.208 e. The number of aliphatic imine (C=N–C) groups is 2. The van der Waals surface area contributed by atoms with E-state index in [9.17, 15) is 4.91 Å². The Morgan fingerprint density at radius 1 is 1.12 bits per heavy atom. The second-order valence-corrected chi connectivity index (χ2v) is 6.66. The predicted molar refractivity (Wildman–Crippen MR) is 106 cm³/mol. The van der Waals surface area contributed by atoms with Gasteiger partial charge in [0, 0.05) is 17.0 Å². The summed E-state index contributed by atoms with van der Waals surface area (Å²) in [5, 5.41) is 3.26. The van der Waals surface area contributed by atoms with Crippen molar-refractivity contribution in [2.24, 2.45) is 15.2 Å². The van der Waals surface area contributed by atoms with Crippen molar-refractivity contribution in [1.82, 2.24) is 4.98 Å². The molecule has 1 aliphatic rings. The van der Waals surface area contributed by atoms with Gasteiger partial charge in [-0.2, -0.15) is 0 Å². The second kappa shape index (κ2) is 7.56. The first-order chi connectivity index (χ1) is 12.5. The molecule has 0 N–H and O–H groups in total. The molecule has 3 rings (SSSR count). The number of hydrogen-bond acceptors (Lipinski definition) is 5. The fourth-order valence-corrected chi connectivity index (χ4v) is 3.11. The van der Waals surface area contributed by atoms with Gasteiger partial charge in [-0.25, -0.2) is 9.98 Å². The van der Waals surface area contributed by atoms with Crippen LogP contribution in [0.3, 0.4) is 0 Å². The molecule has 1 unspecified atom stereocenters. The van der Waals surface area contributed by atoms with Gasteiger partial charge in [0.2, 0.25) is 6.17 Å². The average molecular weight is 349 g/mol. The lowest BCUT2D eigenvalue weighted by molar-refractivity contribution is 0.754. The molecule has 26 heavy (non-hydrogen) atoms. The van der Waals surface area contributed by atoms with E-state index in [1.54, 1.807) is 0 Å². The van der Waals surface area contributed by atoms with Crippen LogP contribution in [0, 0.1) is 25.7 Å². The van der Waals surface area contributed by atoms with Gasteiger partial charge in [0.1, 0.15) is 11.7 Å². The number of anilines is 1. The van der Waals surface area contributed by atoms with Gasteiger partial charge in [0.05, 0.1) is 13.1 Å². The average Bonchev–Trinajstić information content (AvgIpc) is 2.60. The first-order valence-corrected chi connectivity index (χ1v) is 8.65. The van der Waals surface area contributed by atoms with Crippen molar-refractivity contribution in [3.63, 3.8) is 0 Å². The molecule has 0 bridgehead atoms. The van der Waals surface area contributed by atoms with Gasteiger partial charge >= 0.3 is 0 Å². The molecule has 0 saturated heterocycles. The lowest BCUT2D eigenvalue weighted by atomic mass is 10.1. The molecule has 1 atom stereocenters. The van der Waals surface area contributed by atoms with E-state index in [0.717, 1.165) is 33.9 Å². The van der Waals surface area contributed by atoms with Gasteiger partial charge in [-0.3, -0.25) is 4.99 Å². The van der Waals surface area contributed by atoms with Gasteiger partial charge in [-0.1, -0.05) is 24.3 Å². The maximum Gasteiger partial charge on any atom is 0.208 e. The molecule has 0 radical (unpaired) electrons. The minimum absolute atomic E-state index is 0.415. The van der Waals surface area contributed by atoms with E-state index in [1.165, 1.54) is 0 Å². The van der Waals surface area contributed by atoms with Crippen molar-refractivity contribution in [2.45, 2.75) is 33.9 Å². The summed E-state index contributed by atoms with van der Waals surface area (Å²) in [6.07, 6.45) is -0.784. The third-order valence-electron chi connectivity index (χ3n) is 4.39. The summed E-state index contributed by atoms with van der Waals surface area (Å²) >= 11 is 0. The van der Waals surface area contributed by atoms with Crippen LogP contribution < -0.4 is 4.90 Å². The molecule has 1 aromatic heterocycles. The van der Waals surface area contributed by atoms with Crippen LogP contribution in [-0.2, 0) is 0 Å². The van der Waals surface area contributed by atoms with Crippen LogP contribution in [0.4, 0.5) is 5.82 Å². The molecule has 2 heterocycles. The fraction of sp³-hybridized carbons (Fsp3) is 0.350. The third-order valence-corrected chi connectivity index (χ3v) is 4.39. The predicted octanol–water partition coefficient (Wildman–Crippen LogP) is 4.15. The van der Waals surface area contributed by atoms with E-state index in [2.05, 4.69) is 20.1 Å². The number of hydrogen-bond donors (Lipinski definition) is 0. The van der Waals surface area contributed by atoms with Gasteiger partial charge in [-0.05, 0) is 56.1 Å². The molecule has 6 heteroatoms. The minimum Gasteiger partial charge on any atom is -0.307 e. The van der Waals surface area contributed by atoms with Crippen LogP contribution in [0.25, 0.3) is 0 Å². The van der Waals surface area contributed by atoms with Gasteiger partial charge in [0.25, 0.3) is 0 Å². The monoisotopic (exact) mass is 349 g/mol. The maximum absolute atomic E-state index is 11.5. The van der Waals surface area contributed by atoms with Crippen LogP contribution in [-0.4, -0.2) is 29.6 Å². The highest BCUT2D eigenvalue weighted by Gasteiger charge is 2.23. The highest BCUT2D eigenvalue weighted by Crippen LogP contribution is 2.25. The number of pyridine rings is 1. The minimum atomic E-state index is -0.784. The second-order valence-electron chi connectivity index (χ2n) is 6.66. The number of amidine groups is 1. The number of aromatic nitrogens is 1. The summed E-state index contributed by atoms with van der Waals surface area (Å²) < 4.78 is 0. The number of aryl methyl sites for hydroxylation is 3. The quantitative estimate of drug-likeness (QED) is 0.779. The highest BCUT2D eigenvalue weighted by atomic mass is 16.3. The Kier molecular flexibility index (Phi) is 5.21. The number of benzene rings is 1. The van der Waals surface area contributed by atoms with Gasteiger partial charge < -0.3 is 4.90 Å². The number of nitroso groups, excluding NO2 is 1. The molecule has 0 spiro atoms. The molecule has 0 fully saturated rings.